The number of hydrogen-bond donors (Lipinski definition) is 1. The number of rotatable bonds is 6. The van der Waals surface area contributed by atoms with E-state index < -0.39 is 0 Å². The Hall–Kier alpha value is -0.590. The number of nitriles is 1. The van der Waals surface area contributed by atoms with Gasteiger partial charge in [-0.2, -0.15) is 5.26 Å². The van der Waals surface area contributed by atoms with Gasteiger partial charge in [-0.25, -0.2) is 0 Å². The van der Waals surface area contributed by atoms with Gasteiger partial charge in [0.05, 0.1) is 18.1 Å². The van der Waals surface area contributed by atoms with Crippen molar-refractivity contribution >= 4 is 0 Å². The number of hydrogen-bond acceptors (Lipinski definition) is 3. The molecule has 1 heterocycles. The highest BCUT2D eigenvalue weighted by atomic mass is 16.5. The Balaban J connectivity index is 1.97. The molecule has 1 fully saturated rings. The summed E-state index contributed by atoms with van der Waals surface area (Å²) in [5, 5.41) is 12.4. The highest BCUT2D eigenvalue weighted by Gasteiger charge is 2.16. The summed E-state index contributed by atoms with van der Waals surface area (Å²) < 4.78 is 5.41. The van der Waals surface area contributed by atoms with Gasteiger partial charge in [-0.15, -0.1) is 0 Å². The summed E-state index contributed by atoms with van der Waals surface area (Å²) in [6, 6.07) is 2.89. The van der Waals surface area contributed by atoms with Crippen molar-refractivity contribution in [2.24, 2.45) is 5.41 Å². The maximum absolute atomic E-state index is 8.87. The average molecular weight is 224 g/mol. The average Bonchev–Trinajstić information content (AvgIpc) is 2.30. The number of ether oxygens (including phenoxy) is 1. The largest absolute Gasteiger partial charge is 0.380 e. The van der Waals surface area contributed by atoms with Crippen LogP contribution in [0.4, 0.5) is 0 Å². The van der Waals surface area contributed by atoms with Crippen LogP contribution in [-0.2, 0) is 4.74 Å². The van der Waals surface area contributed by atoms with E-state index in [-0.39, 0.29) is 5.41 Å². The smallest absolute Gasteiger partial charge is 0.0683 e. The first-order valence-corrected chi connectivity index (χ1v) is 6.36. The van der Waals surface area contributed by atoms with Crippen molar-refractivity contribution in [3.8, 4) is 6.07 Å². The lowest BCUT2D eigenvalue weighted by atomic mass is 9.89. The van der Waals surface area contributed by atoms with Gasteiger partial charge in [-0.05, 0) is 46.1 Å². The highest BCUT2D eigenvalue weighted by molar-refractivity contribution is 4.91. The summed E-state index contributed by atoms with van der Waals surface area (Å²) in [5.41, 5.74) is -0.159. The molecule has 0 aliphatic carbocycles. The van der Waals surface area contributed by atoms with Crippen LogP contribution in [-0.4, -0.2) is 25.8 Å². The molecule has 1 rings (SSSR count). The molecular weight excluding hydrogens is 200 g/mol. The zero-order valence-corrected chi connectivity index (χ0v) is 10.6. The van der Waals surface area contributed by atoms with E-state index in [2.05, 4.69) is 11.4 Å². The molecule has 0 amide bonds. The molecular formula is C13H24N2O. The van der Waals surface area contributed by atoms with Crippen LogP contribution in [0.2, 0.25) is 0 Å². The Morgan fingerprint density at radius 2 is 2.25 bits per heavy atom. The summed E-state index contributed by atoms with van der Waals surface area (Å²) >= 11 is 0. The van der Waals surface area contributed by atoms with Crippen LogP contribution >= 0.6 is 0 Å². The number of nitrogens with one attached hydrogen (secondary N) is 1. The third kappa shape index (κ3) is 5.48. The Morgan fingerprint density at radius 1 is 1.44 bits per heavy atom. The Bertz CT molecular complexity index is 227. The van der Waals surface area contributed by atoms with Crippen molar-refractivity contribution in [1.82, 2.24) is 5.32 Å². The van der Waals surface area contributed by atoms with Gasteiger partial charge in [0.25, 0.3) is 0 Å². The molecule has 16 heavy (non-hydrogen) atoms. The van der Waals surface area contributed by atoms with Crippen LogP contribution < -0.4 is 5.32 Å². The van der Waals surface area contributed by atoms with E-state index in [4.69, 9.17) is 10.00 Å². The molecule has 0 saturated carbocycles. The molecule has 0 aromatic rings. The third-order valence-electron chi connectivity index (χ3n) is 3.12. The van der Waals surface area contributed by atoms with E-state index in [0.29, 0.717) is 6.04 Å². The summed E-state index contributed by atoms with van der Waals surface area (Å²) in [5.74, 6) is 0. The van der Waals surface area contributed by atoms with Crippen LogP contribution in [0.25, 0.3) is 0 Å². The molecule has 1 saturated heterocycles. The molecule has 0 radical (unpaired) electrons. The van der Waals surface area contributed by atoms with Gasteiger partial charge < -0.3 is 10.1 Å². The predicted molar refractivity (Wildman–Crippen MR) is 65.1 cm³/mol. The van der Waals surface area contributed by atoms with Crippen molar-refractivity contribution in [2.45, 2.75) is 52.0 Å². The van der Waals surface area contributed by atoms with Crippen LogP contribution in [0.3, 0.4) is 0 Å². The van der Waals surface area contributed by atoms with Gasteiger partial charge in [-0.1, -0.05) is 6.42 Å². The van der Waals surface area contributed by atoms with E-state index in [9.17, 15) is 0 Å². The van der Waals surface area contributed by atoms with Gasteiger partial charge in [0.1, 0.15) is 0 Å². The molecule has 1 unspecified atom stereocenters. The minimum absolute atomic E-state index is 0.159. The minimum Gasteiger partial charge on any atom is -0.380 e. The number of nitrogens with zero attached hydrogens (tertiary/aromatic N) is 1. The zero-order chi connectivity index (χ0) is 11.9. The first-order chi connectivity index (χ1) is 7.64. The second-order valence-electron chi connectivity index (χ2n) is 5.32. The quantitative estimate of drug-likeness (QED) is 0.705. The van der Waals surface area contributed by atoms with E-state index >= 15 is 0 Å². The highest BCUT2D eigenvalue weighted by Crippen LogP contribution is 2.21. The van der Waals surface area contributed by atoms with Crippen molar-refractivity contribution in [1.29, 1.82) is 5.26 Å². The second kappa shape index (κ2) is 6.88. The molecule has 0 spiro atoms. The number of unbranched alkanes of at least 4 members (excludes halogenated alkanes) is 1. The molecule has 0 aromatic heterocycles. The molecule has 0 bridgehead atoms. The molecule has 1 aliphatic rings. The van der Waals surface area contributed by atoms with Gasteiger partial charge in [0, 0.05) is 12.6 Å². The Morgan fingerprint density at radius 3 is 2.88 bits per heavy atom. The molecule has 1 aliphatic heterocycles. The van der Waals surface area contributed by atoms with Crippen molar-refractivity contribution in [3.05, 3.63) is 0 Å². The van der Waals surface area contributed by atoms with Crippen molar-refractivity contribution in [2.75, 3.05) is 19.8 Å². The van der Waals surface area contributed by atoms with Gasteiger partial charge in [0.2, 0.25) is 0 Å². The summed E-state index contributed by atoms with van der Waals surface area (Å²) in [6.45, 7) is 6.86. The standard InChI is InChI=1S/C13H24N2O/c1-13(2,11-14)7-3-4-8-15-12-6-5-9-16-10-12/h12,15H,3-10H2,1-2H3. The Kier molecular flexibility index (Phi) is 5.79. The predicted octanol–water partition coefficient (Wildman–Crippen LogP) is 2.48. The fourth-order valence-electron chi connectivity index (χ4n) is 1.96. The maximum atomic E-state index is 8.87. The fraction of sp³-hybridized carbons (Fsp3) is 0.923. The first-order valence-electron chi connectivity index (χ1n) is 6.36. The normalized spacial score (nSPS) is 21.7. The lowest BCUT2D eigenvalue weighted by Crippen LogP contribution is -2.37. The van der Waals surface area contributed by atoms with E-state index in [0.717, 1.165) is 39.0 Å². The van der Waals surface area contributed by atoms with Crippen LogP contribution in [0, 0.1) is 16.7 Å². The Labute approximate surface area is 99.2 Å². The minimum atomic E-state index is -0.159. The third-order valence-corrected chi connectivity index (χ3v) is 3.12. The lowest BCUT2D eigenvalue weighted by Gasteiger charge is -2.23. The van der Waals surface area contributed by atoms with E-state index in [1.54, 1.807) is 0 Å². The fourth-order valence-corrected chi connectivity index (χ4v) is 1.96. The van der Waals surface area contributed by atoms with Crippen LogP contribution in [0.1, 0.15) is 46.0 Å². The monoisotopic (exact) mass is 224 g/mol. The molecule has 0 aromatic carbocycles. The van der Waals surface area contributed by atoms with Gasteiger partial charge >= 0.3 is 0 Å². The summed E-state index contributed by atoms with van der Waals surface area (Å²) in [7, 11) is 0. The molecule has 3 heteroatoms. The van der Waals surface area contributed by atoms with Crippen molar-refractivity contribution < 1.29 is 4.74 Å². The van der Waals surface area contributed by atoms with Crippen LogP contribution in [0.5, 0.6) is 0 Å². The first kappa shape index (κ1) is 13.5. The lowest BCUT2D eigenvalue weighted by molar-refractivity contribution is 0.0704. The summed E-state index contributed by atoms with van der Waals surface area (Å²) in [6.07, 6.45) is 5.69. The molecule has 3 nitrogen and oxygen atoms in total. The van der Waals surface area contributed by atoms with Crippen LogP contribution in [0.15, 0.2) is 0 Å². The van der Waals surface area contributed by atoms with Gasteiger partial charge in [0.15, 0.2) is 0 Å². The zero-order valence-electron chi connectivity index (χ0n) is 10.6. The molecule has 1 N–H and O–H groups in total. The molecule has 1 atom stereocenters. The maximum Gasteiger partial charge on any atom is 0.0683 e. The molecule has 92 valence electrons. The SMILES string of the molecule is CC(C)(C#N)CCCCNC1CCCOC1. The van der Waals surface area contributed by atoms with E-state index in [1.807, 2.05) is 13.8 Å². The summed E-state index contributed by atoms with van der Waals surface area (Å²) in [4.78, 5) is 0. The second-order valence-corrected chi connectivity index (χ2v) is 5.32. The van der Waals surface area contributed by atoms with Gasteiger partial charge in [-0.3, -0.25) is 0 Å². The topological polar surface area (TPSA) is 45.0 Å². The van der Waals surface area contributed by atoms with Crippen molar-refractivity contribution in [3.63, 3.8) is 0 Å². The van der Waals surface area contributed by atoms with E-state index in [1.165, 1.54) is 12.8 Å².